The van der Waals surface area contributed by atoms with Crippen LogP contribution in [-0.4, -0.2) is 50.8 Å². The van der Waals surface area contributed by atoms with Gasteiger partial charge in [0.15, 0.2) is 5.65 Å². The van der Waals surface area contributed by atoms with Crippen LogP contribution >= 0.6 is 0 Å². The Labute approximate surface area is 135 Å². The van der Waals surface area contributed by atoms with Crippen LogP contribution in [0.3, 0.4) is 0 Å². The number of aromatic amines is 1. The first-order chi connectivity index (χ1) is 11.1. The van der Waals surface area contributed by atoms with Crippen LogP contribution in [0.25, 0.3) is 11.0 Å². The highest BCUT2D eigenvalue weighted by Gasteiger charge is 2.35. The Kier molecular flexibility index (Phi) is 4.21. The molecule has 0 aromatic carbocycles. The maximum Gasteiger partial charge on any atom is 0.263 e. The maximum absolute atomic E-state index is 12.2. The normalized spacial score (nSPS) is 17.0. The van der Waals surface area contributed by atoms with Gasteiger partial charge in [0.25, 0.3) is 5.56 Å². The summed E-state index contributed by atoms with van der Waals surface area (Å²) < 4.78 is 1.68. The topological polar surface area (TPSA) is 78.8 Å². The van der Waals surface area contributed by atoms with Crippen molar-refractivity contribution in [3.05, 3.63) is 29.2 Å². The number of H-pyrrole nitrogens is 1. The SMILES string of the molecule is C=CCn1ncc2c(=O)[nH]c(NCC3(N(C)C)CCCC3)nc21. The zero-order valence-electron chi connectivity index (χ0n) is 13.8. The summed E-state index contributed by atoms with van der Waals surface area (Å²) in [5.74, 6) is 0.501. The van der Waals surface area contributed by atoms with Gasteiger partial charge in [-0.3, -0.25) is 9.78 Å². The predicted octanol–water partition coefficient (Wildman–Crippen LogP) is 1.59. The molecule has 7 nitrogen and oxygen atoms in total. The Bertz CT molecular complexity index is 754. The molecular weight excluding hydrogens is 292 g/mol. The Balaban J connectivity index is 1.86. The van der Waals surface area contributed by atoms with E-state index >= 15 is 0 Å². The minimum Gasteiger partial charge on any atom is -0.354 e. The molecule has 0 aliphatic heterocycles. The second kappa shape index (κ2) is 6.16. The fraction of sp³-hybridized carbons (Fsp3) is 0.562. The summed E-state index contributed by atoms with van der Waals surface area (Å²) in [7, 11) is 4.23. The van der Waals surface area contributed by atoms with Crippen LogP contribution in [-0.2, 0) is 6.54 Å². The van der Waals surface area contributed by atoms with Gasteiger partial charge in [0.2, 0.25) is 5.95 Å². The number of fused-ring (bicyclic) bond motifs is 1. The van der Waals surface area contributed by atoms with E-state index in [0.717, 1.165) is 19.4 Å². The van der Waals surface area contributed by atoms with Crippen molar-refractivity contribution in [2.75, 3.05) is 26.0 Å². The Morgan fingerprint density at radius 2 is 2.22 bits per heavy atom. The Hall–Kier alpha value is -2.15. The molecule has 23 heavy (non-hydrogen) atoms. The molecule has 0 saturated heterocycles. The van der Waals surface area contributed by atoms with Crippen LogP contribution in [0.5, 0.6) is 0 Å². The molecule has 3 rings (SSSR count). The Morgan fingerprint density at radius 3 is 2.87 bits per heavy atom. The number of allylic oxidation sites excluding steroid dienone is 1. The van der Waals surface area contributed by atoms with Crippen molar-refractivity contribution in [2.45, 2.75) is 37.8 Å². The lowest BCUT2D eigenvalue weighted by Crippen LogP contribution is -2.47. The number of rotatable bonds is 6. The predicted molar refractivity (Wildman–Crippen MR) is 91.7 cm³/mol. The van der Waals surface area contributed by atoms with Crippen molar-refractivity contribution in [2.24, 2.45) is 0 Å². The standard InChI is InChI=1S/C16H24N6O/c1-4-9-22-13-12(10-18-22)14(23)20-15(19-13)17-11-16(21(2)3)7-5-6-8-16/h4,10H,1,5-9,11H2,2-3H3,(H2,17,19,20,23). The highest BCUT2D eigenvalue weighted by molar-refractivity contribution is 5.74. The van der Waals surface area contributed by atoms with E-state index in [1.807, 2.05) is 0 Å². The van der Waals surface area contributed by atoms with Crippen molar-refractivity contribution in [3.8, 4) is 0 Å². The van der Waals surface area contributed by atoms with Crippen LogP contribution in [0, 0.1) is 0 Å². The largest absolute Gasteiger partial charge is 0.354 e. The summed E-state index contributed by atoms with van der Waals surface area (Å²) in [5, 5.41) is 8.02. The highest BCUT2D eigenvalue weighted by atomic mass is 16.1. The third-order valence-electron chi connectivity index (χ3n) is 4.88. The Morgan fingerprint density at radius 1 is 1.48 bits per heavy atom. The lowest BCUT2D eigenvalue weighted by Gasteiger charge is -2.36. The van der Waals surface area contributed by atoms with Crippen molar-refractivity contribution < 1.29 is 0 Å². The molecule has 2 aromatic heterocycles. The van der Waals surface area contributed by atoms with E-state index in [0.29, 0.717) is 23.5 Å². The van der Waals surface area contributed by atoms with Crippen molar-refractivity contribution in [3.63, 3.8) is 0 Å². The quantitative estimate of drug-likeness (QED) is 0.791. The lowest BCUT2D eigenvalue weighted by molar-refractivity contribution is 0.172. The molecule has 0 spiro atoms. The van der Waals surface area contributed by atoms with Crippen LogP contribution in [0.1, 0.15) is 25.7 Å². The van der Waals surface area contributed by atoms with Crippen LogP contribution in [0.15, 0.2) is 23.6 Å². The van der Waals surface area contributed by atoms with Gasteiger partial charge < -0.3 is 10.2 Å². The smallest absolute Gasteiger partial charge is 0.263 e. The first-order valence-corrected chi connectivity index (χ1v) is 8.04. The molecule has 0 atom stereocenters. The van der Waals surface area contributed by atoms with Gasteiger partial charge in [-0.25, -0.2) is 4.68 Å². The molecule has 1 aliphatic carbocycles. The van der Waals surface area contributed by atoms with Gasteiger partial charge >= 0.3 is 0 Å². The van der Waals surface area contributed by atoms with Crippen molar-refractivity contribution in [1.29, 1.82) is 0 Å². The molecule has 1 aliphatic rings. The monoisotopic (exact) mass is 316 g/mol. The number of anilines is 1. The van der Waals surface area contributed by atoms with Crippen LogP contribution in [0.2, 0.25) is 0 Å². The van der Waals surface area contributed by atoms with E-state index in [1.165, 1.54) is 12.8 Å². The number of nitrogens with zero attached hydrogens (tertiary/aromatic N) is 4. The van der Waals surface area contributed by atoms with E-state index in [4.69, 9.17) is 0 Å². The average Bonchev–Trinajstić information content (AvgIpc) is 3.14. The molecule has 0 bridgehead atoms. The maximum atomic E-state index is 12.2. The van der Waals surface area contributed by atoms with Gasteiger partial charge in [0.1, 0.15) is 5.39 Å². The highest BCUT2D eigenvalue weighted by Crippen LogP contribution is 2.33. The second-order valence-electron chi connectivity index (χ2n) is 6.45. The summed E-state index contributed by atoms with van der Waals surface area (Å²) >= 11 is 0. The molecule has 1 saturated carbocycles. The van der Waals surface area contributed by atoms with Gasteiger partial charge in [-0.15, -0.1) is 6.58 Å². The third-order valence-corrected chi connectivity index (χ3v) is 4.88. The van der Waals surface area contributed by atoms with Crippen LogP contribution in [0.4, 0.5) is 5.95 Å². The van der Waals surface area contributed by atoms with E-state index in [-0.39, 0.29) is 11.1 Å². The first kappa shape index (κ1) is 15.7. The first-order valence-electron chi connectivity index (χ1n) is 8.04. The minimum atomic E-state index is -0.168. The van der Waals surface area contributed by atoms with Gasteiger partial charge in [-0.1, -0.05) is 18.9 Å². The van der Waals surface area contributed by atoms with Gasteiger partial charge in [0.05, 0.1) is 12.7 Å². The summed E-state index contributed by atoms with van der Waals surface area (Å²) in [6.45, 7) is 5.01. The minimum absolute atomic E-state index is 0.134. The fourth-order valence-corrected chi connectivity index (χ4v) is 3.37. The fourth-order valence-electron chi connectivity index (χ4n) is 3.37. The molecule has 0 unspecified atom stereocenters. The molecule has 2 N–H and O–H groups in total. The van der Waals surface area contributed by atoms with Gasteiger partial charge in [-0.05, 0) is 26.9 Å². The van der Waals surface area contributed by atoms with Crippen LogP contribution < -0.4 is 10.9 Å². The number of hydrogen-bond acceptors (Lipinski definition) is 5. The zero-order valence-corrected chi connectivity index (χ0v) is 13.8. The number of likely N-dealkylation sites (N-methyl/N-ethyl adjacent to an activating group) is 1. The molecule has 1 fully saturated rings. The summed E-state index contributed by atoms with van der Waals surface area (Å²) in [6.07, 6.45) is 8.10. The van der Waals surface area contributed by atoms with E-state index in [9.17, 15) is 4.79 Å². The number of aromatic nitrogens is 4. The molecule has 2 heterocycles. The third kappa shape index (κ3) is 2.88. The molecule has 2 aromatic rings. The summed E-state index contributed by atoms with van der Waals surface area (Å²) in [4.78, 5) is 21.8. The van der Waals surface area contributed by atoms with E-state index in [1.54, 1.807) is 17.0 Å². The molecular formula is C16H24N6O. The molecule has 7 heteroatoms. The molecule has 0 radical (unpaired) electrons. The average molecular weight is 316 g/mol. The number of hydrogen-bond donors (Lipinski definition) is 2. The van der Waals surface area contributed by atoms with Gasteiger partial charge in [0, 0.05) is 12.1 Å². The molecule has 0 amide bonds. The van der Waals surface area contributed by atoms with Crippen molar-refractivity contribution in [1.82, 2.24) is 24.6 Å². The van der Waals surface area contributed by atoms with E-state index < -0.39 is 0 Å². The number of nitrogens with one attached hydrogen (secondary N) is 2. The van der Waals surface area contributed by atoms with Gasteiger partial charge in [-0.2, -0.15) is 10.1 Å². The summed E-state index contributed by atoms with van der Waals surface area (Å²) in [6, 6.07) is 0. The molecule has 124 valence electrons. The van der Waals surface area contributed by atoms with Crippen molar-refractivity contribution >= 4 is 17.0 Å². The van der Waals surface area contributed by atoms with E-state index in [2.05, 4.69) is 46.0 Å². The zero-order chi connectivity index (χ0) is 16.4. The summed E-state index contributed by atoms with van der Waals surface area (Å²) in [5.41, 5.74) is 0.550. The second-order valence-corrected chi connectivity index (χ2v) is 6.45. The lowest BCUT2D eigenvalue weighted by atomic mass is 9.96.